The summed E-state index contributed by atoms with van der Waals surface area (Å²) in [4.78, 5) is 23.0. The summed E-state index contributed by atoms with van der Waals surface area (Å²) < 4.78 is 68.5. The van der Waals surface area contributed by atoms with Gasteiger partial charge in [-0.2, -0.15) is 13.2 Å². The van der Waals surface area contributed by atoms with Crippen molar-refractivity contribution in [3.63, 3.8) is 0 Å². The minimum absolute atomic E-state index is 0.0572. The van der Waals surface area contributed by atoms with E-state index in [2.05, 4.69) is 20.0 Å². The van der Waals surface area contributed by atoms with Crippen LogP contribution in [-0.4, -0.2) is 54.2 Å². The molecular formula is C25H32F3N5O4S. The minimum atomic E-state index is -5.00. The second-order valence-electron chi connectivity index (χ2n) is 11.3. The van der Waals surface area contributed by atoms with Crippen LogP contribution in [0.15, 0.2) is 35.4 Å². The largest absolute Gasteiger partial charge is 0.422 e. The number of piperidine rings is 1. The number of alkyl halides is 3. The molecule has 38 heavy (non-hydrogen) atoms. The topological polar surface area (TPSA) is 125 Å². The van der Waals surface area contributed by atoms with Crippen molar-refractivity contribution in [3.8, 4) is 0 Å². The Hall–Kier alpha value is -2.77. The summed E-state index contributed by atoms with van der Waals surface area (Å²) in [5, 5.41) is 12.8. The number of amides is 1. The molecule has 1 aliphatic heterocycles. The van der Waals surface area contributed by atoms with Crippen LogP contribution in [0.2, 0.25) is 0 Å². The molecule has 1 aliphatic carbocycles. The number of nitrogens with one attached hydrogen (secondary N) is 2. The van der Waals surface area contributed by atoms with Crippen LogP contribution >= 0.6 is 0 Å². The van der Waals surface area contributed by atoms with E-state index >= 15 is 0 Å². The number of hydrogen-bond donors (Lipinski definition) is 3. The third kappa shape index (κ3) is 5.94. The first-order chi connectivity index (χ1) is 17.4. The number of rotatable bonds is 6. The number of hydrogen-bond acceptors (Lipinski definition) is 7. The van der Waals surface area contributed by atoms with Crippen LogP contribution in [0.5, 0.6) is 0 Å². The lowest BCUT2D eigenvalue weighted by molar-refractivity contribution is -0.260. The first-order valence-electron chi connectivity index (χ1n) is 12.3. The fourth-order valence-electron chi connectivity index (χ4n) is 4.40. The monoisotopic (exact) mass is 555 g/mol. The molecule has 0 bridgehead atoms. The minimum Gasteiger partial charge on any atom is -0.375 e. The molecule has 1 spiro atoms. The molecule has 1 saturated carbocycles. The van der Waals surface area contributed by atoms with Crippen molar-refractivity contribution in [2.75, 3.05) is 23.3 Å². The van der Waals surface area contributed by atoms with Gasteiger partial charge in [0.1, 0.15) is 5.69 Å². The number of sulfonamides is 1. The van der Waals surface area contributed by atoms with Crippen molar-refractivity contribution >= 4 is 27.4 Å². The van der Waals surface area contributed by atoms with Crippen molar-refractivity contribution in [3.05, 3.63) is 41.9 Å². The van der Waals surface area contributed by atoms with Gasteiger partial charge in [0.05, 0.1) is 11.1 Å². The predicted molar refractivity (Wildman–Crippen MR) is 135 cm³/mol. The summed E-state index contributed by atoms with van der Waals surface area (Å²) in [6, 6.07) is 5.61. The van der Waals surface area contributed by atoms with Crippen LogP contribution in [0, 0.1) is 5.41 Å². The van der Waals surface area contributed by atoms with Gasteiger partial charge >= 0.3 is 6.18 Å². The number of halogens is 3. The Morgan fingerprint density at radius 2 is 1.71 bits per heavy atom. The molecule has 3 N–H and O–H groups in total. The third-order valence-electron chi connectivity index (χ3n) is 6.94. The van der Waals surface area contributed by atoms with Gasteiger partial charge in [-0.25, -0.2) is 23.1 Å². The highest BCUT2D eigenvalue weighted by atomic mass is 32.2. The van der Waals surface area contributed by atoms with E-state index in [-0.39, 0.29) is 27.5 Å². The Balaban J connectivity index is 1.65. The van der Waals surface area contributed by atoms with Gasteiger partial charge in [0.2, 0.25) is 15.6 Å². The lowest BCUT2D eigenvalue weighted by atomic mass is 9.93. The zero-order valence-corrected chi connectivity index (χ0v) is 22.5. The molecule has 2 aliphatic rings. The predicted octanol–water partition coefficient (Wildman–Crippen LogP) is 3.96. The molecule has 0 unspecified atom stereocenters. The fourth-order valence-corrected chi connectivity index (χ4v) is 5.87. The summed E-state index contributed by atoms with van der Waals surface area (Å²) >= 11 is 0. The van der Waals surface area contributed by atoms with E-state index < -0.39 is 38.9 Å². The van der Waals surface area contributed by atoms with Crippen molar-refractivity contribution < 1.29 is 31.5 Å². The maximum Gasteiger partial charge on any atom is 0.422 e. The summed E-state index contributed by atoms with van der Waals surface area (Å²) in [5.41, 5.74) is -4.52. The molecule has 4 rings (SSSR count). The van der Waals surface area contributed by atoms with Crippen LogP contribution in [0.25, 0.3) is 0 Å². The van der Waals surface area contributed by atoms with E-state index in [4.69, 9.17) is 0 Å². The van der Waals surface area contributed by atoms with Gasteiger partial charge in [0, 0.05) is 24.3 Å². The van der Waals surface area contributed by atoms with E-state index in [0.717, 1.165) is 31.9 Å². The van der Waals surface area contributed by atoms with Gasteiger partial charge in [0.25, 0.3) is 5.91 Å². The first-order valence-corrected chi connectivity index (χ1v) is 13.8. The molecule has 13 heteroatoms. The van der Waals surface area contributed by atoms with Gasteiger partial charge in [-0.1, -0.05) is 6.07 Å². The lowest BCUT2D eigenvalue weighted by Gasteiger charge is -2.34. The third-order valence-corrected chi connectivity index (χ3v) is 8.70. The Labute approximate surface area is 219 Å². The van der Waals surface area contributed by atoms with Gasteiger partial charge in [-0.05, 0) is 77.0 Å². The molecule has 1 atom stereocenters. The van der Waals surface area contributed by atoms with Crippen LogP contribution in [0.1, 0.15) is 69.6 Å². The maximum atomic E-state index is 13.5. The van der Waals surface area contributed by atoms with Crippen LogP contribution in [0.4, 0.5) is 24.7 Å². The molecule has 1 aromatic heterocycles. The van der Waals surface area contributed by atoms with Crippen LogP contribution in [-0.2, 0) is 15.6 Å². The molecule has 2 aromatic rings. The van der Waals surface area contributed by atoms with Crippen molar-refractivity contribution in [1.82, 2.24) is 14.7 Å². The van der Waals surface area contributed by atoms with Gasteiger partial charge in [-0.3, -0.25) is 4.79 Å². The van der Waals surface area contributed by atoms with Crippen molar-refractivity contribution in [2.45, 2.75) is 75.6 Å². The van der Waals surface area contributed by atoms with E-state index in [9.17, 15) is 31.5 Å². The standard InChI is InChI=1S/C25H32F3N5O4S/c1-22(2,3)32-38(36,37)17-7-5-6-16(14-17)30-21(34)19-20(33-12-10-24(8-9-24)11-13-33)31-18(15-29-19)23(4,35)25(26,27)28/h5-7,14-15,32,35H,8-13H2,1-4H3,(H,30,34)/t23-/m1/s1. The van der Waals surface area contributed by atoms with Crippen LogP contribution < -0.4 is 14.9 Å². The summed E-state index contributed by atoms with van der Waals surface area (Å²) in [7, 11) is -3.88. The molecular weight excluding hydrogens is 523 g/mol. The molecule has 1 saturated heterocycles. The fraction of sp³-hybridized carbons (Fsp3) is 0.560. The van der Waals surface area contributed by atoms with Gasteiger partial charge < -0.3 is 15.3 Å². The van der Waals surface area contributed by atoms with Crippen molar-refractivity contribution in [1.29, 1.82) is 0 Å². The maximum absolute atomic E-state index is 13.5. The second kappa shape index (κ2) is 9.45. The molecule has 1 amide bonds. The van der Waals surface area contributed by atoms with E-state index in [0.29, 0.717) is 20.0 Å². The summed E-state index contributed by atoms with van der Waals surface area (Å²) in [5.74, 6) is -0.825. The first kappa shape index (κ1) is 28.2. The Bertz CT molecular complexity index is 1330. The molecule has 0 radical (unpaired) electrons. The SMILES string of the molecule is CC(C)(C)NS(=O)(=O)c1cccc(NC(=O)c2ncc([C@@](C)(O)C(F)(F)F)nc2N2CCC3(CC2)CC3)c1. The Morgan fingerprint density at radius 1 is 1.08 bits per heavy atom. The highest BCUT2D eigenvalue weighted by Gasteiger charge is 2.53. The van der Waals surface area contributed by atoms with Gasteiger partial charge in [-0.15, -0.1) is 0 Å². The quantitative estimate of drug-likeness (QED) is 0.493. The van der Waals surface area contributed by atoms with Gasteiger partial charge in [0.15, 0.2) is 11.5 Å². The number of benzene rings is 1. The number of aromatic nitrogens is 2. The molecule has 9 nitrogen and oxygen atoms in total. The smallest absolute Gasteiger partial charge is 0.375 e. The molecule has 1 aromatic carbocycles. The van der Waals surface area contributed by atoms with E-state index in [1.54, 1.807) is 25.7 Å². The number of nitrogens with zero attached hydrogens (tertiary/aromatic N) is 3. The highest BCUT2D eigenvalue weighted by Crippen LogP contribution is 2.54. The number of carbonyl (C=O) groups is 1. The van der Waals surface area contributed by atoms with E-state index in [1.165, 1.54) is 24.3 Å². The molecule has 208 valence electrons. The van der Waals surface area contributed by atoms with Crippen LogP contribution in [0.3, 0.4) is 0 Å². The molecule has 2 heterocycles. The molecule has 2 fully saturated rings. The number of aliphatic hydroxyl groups is 1. The Kier molecular flexibility index (Phi) is 7.03. The van der Waals surface area contributed by atoms with E-state index in [1.807, 2.05) is 0 Å². The zero-order valence-electron chi connectivity index (χ0n) is 21.7. The Morgan fingerprint density at radius 3 is 2.26 bits per heavy atom. The highest BCUT2D eigenvalue weighted by molar-refractivity contribution is 7.89. The second-order valence-corrected chi connectivity index (χ2v) is 13.0. The summed E-state index contributed by atoms with van der Waals surface area (Å²) in [6.45, 7) is 6.65. The van der Waals surface area contributed by atoms with Crippen molar-refractivity contribution in [2.24, 2.45) is 5.41 Å². The zero-order chi connectivity index (χ0) is 28.1. The normalized spacial score (nSPS) is 19.2. The number of anilines is 2. The number of carbonyl (C=O) groups excluding carboxylic acids is 1. The lowest BCUT2D eigenvalue weighted by Crippen LogP contribution is -2.42. The summed E-state index contributed by atoms with van der Waals surface area (Å²) in [6.07, 6.45) is -0.424. The average molecular weight is 556 g/mol. The average Bonchev–Trinajstić information content (AvgIpc) is 3.55.